The molecule has 1 aliphatic rings. The molecule has 8 nitrogen and oxygen atoms in total. The number of benzene rings is 1. The molecule has 174 valence electrons. The van der Waals surface area contributed by atoms with E-state index < -0.39 is 46.5 Å². The first-order chi connectivity index (χ1) is 15.0. The first-order valence-corrected chi connectivity index (χ1v) is 11.7. The Hall–Kier alpha value is -2.64. The van der Waals surface area contributed by atoms with Gasteiger partial charge in [0.05, 0.1) is 5.92 Å². The SMILES string of the molecule is O=C(COC(=O)C1CCN(S(=O)(=O)c2cccs2)CC1)Nc1ccc(OC(F)(F)F)cc1. The molecule has 0 aliphatic carbocycles. The van der Waals surface area contributed by atoms with Crippen LogP contribution in [0.1, 0.15) is 12.8 Å². The fourth-order valence-corrected chi connectivity index (χ4v) is 5.68. The van der Waals surface area contributed by atoms with Crippen LogP contribution in [0.4, 0.5) is 18.9 Å². The zero-order valence-corrected chi connectivity index (χ0v) is 18.1. The molecule has 3 rings (SSSR count). The summed E-state index contributed by atoms with van der Waals surface area (Å²) in [4.78, 5) is 24.2. The second-order valence-electron chi connectivity index (χ2n) is 6.84. The number of esters is 1. The molecule has 32 heavy (non-hydrogen) atoms. The third-order valence-electron chi connectivity index (χ3n) is 4.59. The Morgan fingerprint density at radius 1 is 1.12 bits per heavy atom. The molecule has 1 aromatic heterocycles. The highest BCUT2D eigenvalue weighted by atomic mass is 32.2. The zero-order chi connectivity index (χ0) is 23.4. The molecule has 1 aliphatic heterocycles. The van der Waals surface area contributed by atoms with Gasteiger partial charge in [-0.1, -0.05) is 6.07 Å². The van der Waals surface area contributed by atoms with Crippen molar-refractivity contribution in [3.8, 4) is 5.75 Å². The van der Waals surface area contributed by atoms with Crippen LogP contribution in [-0.2, 0) is 24.3 Å². The molecule has 1 aromatic carbocycles. The maximum absolute atomic E-state index is 12.5. The normalized spacial score (nSPS) is 15.8. The van der Waals surface area contributed by atoms with Crippen LogP contribution in [0.5, 0.6) is 5.75 Å². The van der Waals surface area contributed by atoms with Crippen LogP contribution in [0.25, 0.3) is 0 Å². The van der Waals surface area contributed by atoms with Gasteiger partial charge in [-0.25, -0.2) is 8.42 Å². The van der Waals surface area contributed by atoms with E-state index in [0.717, 1.165) is 23.5 Å². The predicted octanol–water partition coefficient (Wildman–Crippen LogP) is 3.23. The van der Waals surface area contributed by atoms with Gasteiger partial charge >= 0.3 is 12.3 Å². The average molecular weight is 492 g/mol. The summed E-state index contributed by atoms with van der Waals surface area (Å²) in [6, 6.07) is 7.67. The van der Waals surface area contributed by atoms with Gasteiger partial charge in [-0.2, -0.15) is 4.31 Å². The number of amides is 1. The molecule has 0 spiro atoms. The fourth-order valence-electron chi connectivity index (χ4n) is 3.06. The van der Waals surface area contributed by atoms with E-state index in [0.29, 0.717) is 0 Å². The lowest BCUT2D eigenvalue weighted by Gasteiger charge is -2.29. The van der Waals surface area contributed by atoms with Crippen LogP contribution < -0.4 is 10.1 Å². The van der Waals surface area contributed by atoms with Crippen LogP contribution in [0, 0.1) is 5.92 Å². The minimum absolute atomic E-state index is 0.165. The van der Waals surface area contributed by atoms with Crippen molar-refractivity contribution >= 4 is 38.9 Å². The van der Waals surface area contributed by atoms with Crippen molar-refractivity contribution in [2.75, 3.05) is 25.0 Å². The van der Waals surface area contributed by atoms with Gasteiger partial charge in [0.25, 0.3) is 15.9 Å². The lowest BCUT2D eigenvalue weighted by atomic mass is 9.98. The topological polar surface area (TPSA) is 102 Å². The van der Waals surface area contributed by atoms with E-state index in [1.54, 1.807) is 11.4 Å². The minimum atomic E-state index is -4.82. The number of nitrogens with zero attached hydrogens (tertiary/aromatic N) is 1. The standard InChI is InChI=1S/C19H19F3N2O6S2/c20-19(21,22)30-15-5-3-14(4-6-15)23-16(25)12-29-18(26)13-7-9-24(10-8-13)32(27,28)17-2-1-11-31-17/h1-6,11,13H,7-10,12H2,(H,23,25). The number of piperidine rings is 1. The maximum Gasteiger partial charge on any atom is 0.573 e. The number of nitrogens with one attached hydrogen (secondary N) is 1. The van der Waals surface area contributed by atoms with E-state index in [2.05, 4.69) is 10.1 Å². The van der Waals surface area contributed by atoms with E-state index >= 15 is 0 Å². The van der Waals surface area contributed by atoms with Gasteiger partial charge in [0.15, 0.2) is 6.61 Å². The molecular formula is C19H19F3N2O6S2. The Bertz CT molecular complexity index is 1030. The number of hydrogen-bond acceptors (Lipinski definition) is 7. The lowest BCUT2D eigenvalue weighted by Crippen LogP contribution is -2.40. The maximum atomic E-state index is 12.5. The van der Waals surface area contributed by atoms with Gasteiger partial charge < -0.3 is 14.8 Å². The molecule has 1 N–H and O–H groups in total. The van der Waals surface area contributed by atoms with Crippen molar-refractivity contribution in [3.05, 3.63) is 41.8 Å². The van der Waals surface area contributed by atoms with Crippen molar-refractivity contribution in [1.29, 1.82) is 0 Å². The number of carbonyl (C=O) groups is 2. The number of anilines is 1. The Morgan fingerprint density at radius 2 is 1.78 bits per heavy atom. The largest absolute Gasteiger partial charge is 0.573 e. The van der Waals surface area contributed by atoms with Crippen LogP contribution in [-0.4, -0.2) is 50.7 Å². The number of hydrogen-bond donors (Lipinski definition) is 1. The molecule has 1 saturated heterocycles. The molecule has 2 aromatic rings. The summed E-state index contributed by atoms with van der Waals surface area (Å²) >= 11 is 1.12. The fraction of sp³-hybridized carbons (Fsp3) is 0.368. The van der Waals surface area contributed by atoms with Gasteiger partial charge in [0.1, 0.15) is 9.96 Å². The second-order valence-corrected chi connectivity index (χ2v) is 9.95. The second kappa shape index (κ2) is 9.88. The summed E-state index contributed by atoms with van der Waals surface area (Å²) in [5.74, 6) is -2.24. The van der Waals surface area contributed by atoms with E-state index in [9.17, 15) is 31.2 Å². The Morgan fingerprint density at radius 3 is 2.34 bits per heavy atom. The van der Waals surface area contributed by atoms with Crippen LogP contribution in [0.15, 0.2) is 46.0 Å². The van der Waals surface area contributed by atoms with E-state index in [4.69, 9.17) is 4.74 Å². The van der Waals surface area contributed by atoms with Crippen molar-refractivity contribution in [2.24, 2.45) is 5.92 Å². The first-order valence-electron chi connectivity index (χ1n) is 9.40. The van der Waals surface area contributed by atoms with Crippen molar-refractivity contribution in [2.45, 2.75) is 23.4 Å². The molecule has 0 atom stereocenters. The highest BCUT2D eigenvalue weighted by Crippen LogP contribution is 2.27. The number of ether oxygens (including phenoxy) is 2. The van der Waals surface area contributed by atoms with E-state index in [1.807, 2.05) is 0 Å². The summed E-state index contributed by atoms with van der Waals surface area (Å²) < 4.78 is 71.8. The first kappa shape index (κ1) is 24.0. The molecule has 0 saturated carbocycles. The van der Waals surface area contributed by atoms with Gasteiger partial charge in [-0.05, 0) is 48.6 Å². The number of alkyl halides is 3. The minimum Gasteiger partial charge on any atom is -0.455 e. The number of carbonyl (C=O) groups excluding carboxylic acids is 2. The summed E-state index contributed by atoms with van der Waals surface area (Å²) in [6.07, 6.45) is -4.28. The van der Waals surface area contributed by atoms with Gasteiger partial charge in [-0.15, -0.1) is 24.5 Å². The molecule has 1 fully saturated rings. The highest BCUT2D eigenvalue weighted by Gasteiger charge is 2.33. The zero-order valence-electron chi connectivity index (χ0n) is 16.5. The number of halogens is 3. The van der Waals surface area contributed by atoms with Crippen molar-refractivity contribution in [1.82, 2.24) is 4.31 Å². The third-order valence-corrected chi connectivity index (χ3v) is 7.87. The smallest absolute Gasteiger partial charge is 0.455 e. The van der Waals surface area contributed by atoms with Crippen molar-refractivity contribution < 1.29 is 40.7 Å². The molecule has 0 bridgehead atoms. The van der Waals surface area contributed by atoms with E-state index in [1.165, 1.54) is 22.5 Å². The summed E-state index contributed by atoms with van der Waals surface area (Å²) in [7, 11) is -3.58. The molecule has 13 heteroatoms. The van der Waals surface area contributed by atoms with Gasteiger partial charge in [0, 0.05) is 18.8 Å². The predicted molar refractivity (Wildman–Crippen MR) is 109 cm³/mol. The lowest BCUT2D eigenvalue weighted by molar-refractivity contribution is -0.274. The summed E-state index contributed by atoms with van der Waals surface area (Å²) in [5.41, 5.74) is 0.202. The third kappa shape index (κ3) is 6.43. The highest BCUT2D eigenvalue weighted by molar-refractivity contribution is 7.91. The Balaban J connectivity index is 1.42. The van der Waals surface area contributed by atoms with Crippen molar-refractivity contribution in [3.63, 3.8) is 0 Å². The Labute approximate surface area is 186 Å². The molecular weight excluding hydrogens is 473 g/mol. The molecule has 2 heterocycles. The number of thiophene rings is 1. The molecule has 1 amide bonds. The molecule has 0 radical (unpaired) electrons. The van der Waals surface area contributed by atoms with Crippen LogP contribution in [0.2, 0.25) is 0 Å². The summed E-state index contributed by atoms with van der Waals surface area (Å²) in [6.45, 7) is -0.246. The quantitative estimate of drug-likeness (QED) is 0.596. The number of rotatable bonds is 7. The summed E-state index contributed by atoms with van der Waals surface area (Å²) in [5, 5.41) is 4.07. The monoisotopic (exact) mass is 492 g/mol. The van der Waals surface area contributed by atoms with Crippen LogP contribution in [0.3, 0.4) is 0 Å². The van der Waals surface area contributed by atoms with Gasteiger partial charge in [0.2, 0.25) is 0 Å². The average Bonchev–Trinajstić information content (AvgIpc) is 3.28. The number of sulfonamides is 1. The molecule has 0 unspecified atom stereocenters. The van der Waals surface area contributed by atoms with Crippen LogP contribution >= 0.6 is 11.3 Å². The van der Waals surface area contributed by atoms with Gasteiger partial charge in [-0.3, -0.25) is 9.59 Å². The Kier molecular flexibility index (Phi) is 7.41. The van der Waals surface area contributed by atoms with E-state index in [-0.39, 0.29) is 35.8 Å².